The van der Waals surface area contributed by atoms with Gasteiger partial charge in [-0.05, 0) is 12.1 Å². The Hall–Kier alpha value is -0.470. The van der Waals surface area contributed by atoms with E-state index < -0.39 is 10.3 Å². The summed E-state index contributed by atoms with van der Waals surface area (Å²) in [5, 5.41) is -0.132. The largest absolute Gasteiger partial charge is 0.292 e. The fourth-order valence-electron chi connectivity index (χ4n) is 1.68. The Morgan fingerprint density at radius 1 is 1.22 bits per heavy atom. The third-order valence-electron chi connectivity index (χ3n) is 2.68. The van der Waals surface area contributed by atoms with Crippen molar-refractivity contribution < 1.29 is 4.79 Å². The van der Waals surface area contributed by atoms with Crippen molar-refractivity contribution >= 4 is 52.2 Å². The topological polar surface area (TPSA) is 17.1 Å². The minimum absolute atomic E-state index is 0.191. The van der Waals surface area contributed by atoms with E-state index in [-0.39, 0.29) is 16.4 Å². The third-order valence-corrected chi connectivity index (χ3v) is 4.63. The zero-order chi connectivity index (χ0) is 13.3. The number of Topliss-reactive ketones (excluding diaryl/α,β-unsaturated/α-hetero) is 1. The van der Waals surface area contributed by atoms with E-state index in [4.69, 9.17) is 46.4 Å². The summed E-state index contributed by atoms with van der Waals surface area (Å²) in [5.74, 6) is -0.364. The molecule has 1 aliphatic carbocycles. The van der Waals surface area contributed by atoms with Gasteiger partial charge >= 0.3 is 0 Å². The molecule has 5 heteroatoms. The Bertz CT molecular complexity index is 550. The van der Waals surface area contributed by atoms with Gasteiger partial charge in [0.2, 0.25) is 0 Å². The number of rotatable bonds is 2. The van der Waals surface area contributed by atoms with Crippen LogP contribution in [0.25, 0.3) is 0 Å². The SMILES string of the molecule is O=C(c1cccc(Cl)c1Cl)C1(Cl)C=CC=CC1Cl. The number of benzene rings is 1. The smallest absolute Gasteiger partial charge is 0.191 e. The fourth-order valence-corrected chi connectivity index (χ4v) is 2.57. The summed E-state index contributed by atoms with van der Waals surface area (Å²) >= 11 is 24.3. The van der Waals surface area contributed by atoms with E-state index in [1.54, 1.807) is 42.5 Å². The Morgan fingerprint density at radius 3 is 2.61 bits per heavy atom. The highest BCUT2D eigenvalue weighted by Crippen LogP contribution is 2.37. The van der Waals surface area contributed by atoms with E-state index in [0.29, 0.717) is 5.02 Å². The summed E-state index contributed by atoms with van der Waals surface area (Å²) in [6, 6.07) is 4.83. The first-order valence-corrected chi connectivity index (χ1v) is 6.71. The molecule has 1 aliphatic rings. The Kier molecular flexibility index (Phi) is 4.08. The van der Waals surface area contributed by atoms with E-state index in [9.17, 15) is 4.79 Å². The van der Waals surface area contributed by atoms with Gasteiger partial charge in [0.1, 0.15) is 4.87 Å². The minimum Gasteiger partial charge on any atom is -0.292 e. The summed E-state index contributed by atoms with van der Waals surface area (Å²) < 4.78 is 0. The number of ketones is 1. The van der Waals surface area contributed by atoms with Crippen molar-refractivity contribution in [3.05, 3.63) is 58.1 Å². The van der Waals surface area contributed by atoms with Gasteiger partial charge in [0, 0.05) is 5.56 Å². The predicted octanol–water partition coefficient (Wildman–Crippen LogP) is 4.89. The Labute approximate surface area is 125 Å². The quantitative estimate of drug-likeness (QED) is 0.560. The maximum absolute atomic E-state index is 12.5. The van der Waals surface area contributed by atoms with Gasteiger partial charge in [-0.15, -0.1) is 23.2 Å². The van der Waals surface area contributed by atoms with Crippen LogP contribution in [0.15, 0.2) is 42.5 Å². The lowest BCUT2D eigenvalue weighted by Crippen LogP contribution is -2.40. The molecule has 0 radical (unpaired) electrons. The monoisotopic (exact) mass is 320 g/mol. The van der Waals surface area contributed by atoms with Gasteiger partial charge in [0.05, 0.1) is 15.4 Å². The van der Waals surface area contributed by atoms with E-state index in [0.717, 1.165) is 0 Å². The van der Waals surface area contributed by atoms with Crippen LogP contribution in [0, 0.1) is 0 Å². The third kappa shape index (κ3) is 2.33. The van der Waals surface area contributed by atoms with Crippen LogP contribution < -0.4 is 0 Å². The number of hydrogen-bond donors (Lipinski definition) is 0. The van der Waals surface area contributed by atoms with Crippen LogP contribution in [0.1, 0.15) is 10.4 Å². The predicted molar refractivity (Wildman–Crippen MR) is 77.3 cm³/mol. The maximum Gasteiger partial charge on any atom is 0.191 e. The molecule has 94 valence electrons. The number of hydrogen-bond acceptors (Lipinski definition) is 1. The number of carbonyl (C=O) groups is 1. The molecule has 0 bridgehead atoms. The number of halogens is 4. The van der Waals surface area contributed by atoms with Crippen molar-refractivity contribution in [2.45, 2.75) is 10.3 Å². The molecule has 18 heavy (non-hydrogen) atoms. The highest BCUT2D eigenvalue weighted by molar-refractivity contribution is 6.49. The van der Waals surface area contributed by atoms with E-state index >= 15 is 0 Å². The molecular weight excluding hydrogens is 314 g/mol. The maximum atomic E-state index is 12.5. The van der Waals surface area contributed by atoms with Crippen molar-refractivity contribution in [2.75, 3.05) is 0 Å². The number of allylic oxidation sites excluding steroid dienone is 4. The van der Waals surface area contributed by atoms with Crippen LogP contribution in [0.5, 0.6) is 0 Å². The highest BCUT2D eigenvalue weighted by Gasteiger charge is 2.42. The van der Waals surface area contributed by atoms with Crippen molar-refractivity contribution in [1.29, 1.82) is 0 Å². The van der Waals surface area contributed by atoms with Gasteiger partial charge in [0.15, 0.2) is 5.78 Å². The average Bonchev–Trinajstić information content (AvgIpc) is 2.35. The van der Waals surface area contributed by atoms with E-state index in [2.05, 4.69) is 0 Å². The normalized spacial score (nSPS) is 26.3. The average molecular weight is 322 g/mol. The molecule has 0 saturated carbocycles. The summed E-state index contributed by atoms with van der Waals surface area (Å²) in [7, 11) is 0. The molecule has 2 unspecified atom stereocenters. The molecule has 2 rings (SSSR count). The number of alkyl halides is 2. The van der Waals surface area contributed by atoms with Crippen molar-refractivity contribution in [3.63, 3.8) is 0 Å². The lowest BCUT2D eigenvalue weighted by molar-refractivity contribution is 0.0961. The molecule has 1 nitrogen and oxygen atoms in total. The van der Waals surface area contributed by atoms with Gasteiger partial charge in [-0.3, -0.25) is 4.79 Å². The summed E-state index contributed by atoms with van der Waals surface area (Å²) in [6.07, 6.45) is 6.64. The van der Waals surface area contributed by atoms with Crippen LogP contribution in [-0.4, -0.2) is 16.0 Å². The summed E-state index contributed by atoms with van der Waals surface area (Å²) in [4.78, 5) is 11.1. The van der Waals surface area contributed by atoms with Gasteiger partial charge in [-0.1, -0.05) is 53.6 Å². The van der Waals surface area contributed by atoms with Crippen LogP contribution in [-0.2, 0) is 0 Å². The molecule has 1 aromatic carbocycles. The molecule has 1 aromatic rings. The number of carbonyl (C=O) groups excluding carboxylic acids is 1. The zero-order valence-electron chi connectivity index (χ0n) is 9.04. The van der Waals surface area contributed by atoms with E-state index in [1.165, 1.54) is 0 Å². The molecule has 0 aromatic heterocycles. The molecule has 0 aliphatic heterocycles. The first-order valence-electron chi connectivity index (χ1n) is 5.14. The second-order valence-corrected chi connectivity index (χ2v) is 5.73. The minimum atomic E-state index is -1.33. The van der Waals surface area contributed by atoms with E-state index in [1.807, 2.05) is 0 Å². The molecule has 0 fully saturated rings. The molecular formula is C13H8Cl4O. The molecule has 0 N–H and O–H groups in total. The van der Waals surface area contributed by atoms with Gasteiger partial charge in [0.25, 0.3) is 0 Å². The van der Waals surface area contributed by atoms with Crippen molar-refractivity contribution in [3.8, 4) is 0 Å². The van der Waals surface area contributed by atoms with Crippen molar-refractivity contribution in [1.82, 2.24) is 0 Å². The van der Waals surface area contributed by atoms with Crippen LogP contribution >= 0.6 is 46.4 Å². The molecule has 0 saturated heterocycles. The fraction of sp³-hybridized carbons (Fsp3) is 0.154. The standard InChI is InChI=1S/C13H8Cl4O/c14-9-5-3-4-8(11(9)16)12(18)13(17)7-2-1-6-10(13)15/h1-7,10H. The second-order valence-electron chi connectivity index (χ2n) is 3.84. The summed E-state index contributed by atoms with van der Waals surface area (Å²) in [6.45, 7) is 0. The van der Waals surface area contributed by atoms with Crippen molar-refractivity contribution in [2.24, 2.45) is 0 Å². The second kappa shape index (κ2) is 5.26. The van der Waals surface area contributed by atoms with Crippen LogP contribution in [0.2, 0.25) is 10.0 Å². The van der Waals surface area contributed by atoms with Gasteiger partial charge in [-0.25, -0.2) is 0 Å². The van der Waals surface area contributed by atoms with Gasteiger partial charge in [-0.2, -0.15) is 0 Å². The lowest BCUT2D eigenvalue weighted by Gasteiger charge is -2.27. The van der Waals surface area contributed by atoms with Crippen LogP contribution in [0.4, 0.5) is 0 Å². The Morgan fingerprint density at radius 2 is 1.94 bits per heavy atom. The molecule has 0 spiro atoms. The molecule has 0 heterocycles. The first kappa shape index (κ1) is 14.0. The summed E-state index contributed by atoms with van der Waals surface area (Å²) in [5.41, 5.74) is 0.268. The first-order chi connectivity index (χ1) is 8.47. The lowest BCUT2D eigenvalue weighted by atomic mass is 9.90. The zero-order valence-corrected chi connectivity index (χ0v) is 12.1. The molecule has 2 atom stereocenters. The molecule has 0 amide bonds. The van der Waals surface area contributed by atoms with Gasteiger partial charge < -0.3 is 0 Å². The highest BCUT2D eigenvalue weighted by atomic mass is 35.5. The van der Waals surface area contributed by atoms with Crippen LogP contribution in [0.3, 0.4) is 0 Å². The Balaban J connectivity index is 2.46.